The summed E-state index contributed by atoms with van der Waals surface area (Å²) in [6.45, 7) is 1.91. The highest BCUT2D eigenvalue weighted by atomic mass is 79.9. The fourth-order valence-electron chi connectivity index (χ4n) is 1.85. The van der Waals surface area contributed by atoms with Crippen LogP contribution in [-0.2, 0) is 6.42 Å². The normalized spacial score (nSPS) is 10.4. The molecule has 0 aliphatic carbocycles. The van der Waals surface area contributed by atoms with Crippen molar-refractivity contribution in [3.63, 3.8) is 0 Å². The average molecular weight is 354 g/mol. The molecule has 4 heteroatoms. The summed E-state index contributed by atoms with van der Waals surface area (Å²) in [7, 11) is 1.61. The second kappa shape index (κ2) is 6.42. The molecule has 0 N–H and O–H groups in total. The summed E-state index contributed by atoms with van der Waals surface area (Å²) >= 11 is 9.51. The molecule has 0 bridgehead atoms. The number of rotatable bonds is 4. The fourth-order valence-corrected chi connectivity index (χ4v) is 2.42. The SMILES string of the molecule is COc1ccc(Br)c(CC(=O)c2ccc(C)c(Cl)c2)c1. The molecule has 0 aliphatic rings. The zero-order chi connectivity index (χ0) is 14.7. The number of carbonyl (C=O) groups excluding carboxylic acids is 1. The molecule has 0 saturated heterocycles. The van der Waals surface area contributed by atoms with Crippen LogP contribution in [-0.4, -0.2) is 12.9 Å². The number of Topliss-reactive ketones (excluding diaryl/α,β-unsaturated/α-hetero) is 1. The van der Waals surface area contributed by atoms with Crippen molar-refractivity contribution in [2.75, 3.05) is 7.11 Å². The maximum absolute atomic E-state index is 12.3. The Bertz CT molecular complexity index is 653. The number of methoxy groups -OCH3 is 1. The number of ether oxygens (including phenoxy) is 1. The summed E-state index contributed by atoms with van der Waals surface area (Å²) in [5.41, 5.74) is 2.48. The molecule has 104 valence electrons. The third kappa shape index (κ3) is 3.41. The zero-order valence-electron chi connectivity index (χ0n) is 11.2. The lowest BCUT2D eigenvalue weighted by molar-refractivity contribution is 0.0993. The summed E-state index contributed by atoms with van der Waals surface area (Å²) in [6.07, 6.45) is 0.303. The van der Waals surface area contributed by atoms with Crippen LogP contribution in [0.4, 0.5) is 0 Å². The molecule has 0 aliphatic heterocycles. The van der Waals surface area contributed by atoms with Crippen LogP contribution in [0, 0.1) is 6.92 Å². The van der Waals surface area contributed by atoms with E-state index in [9.17, 15) is 4.79 Å². The maximum Gasteiger partial charge on any atom is 0.167 e. The van der Waals surface area contributed by atoms with Gasteiger partial charge >= 0.3 is 0 Å². The molecule has 2 rings (SSSR count). The van der Waals surface area contributed by atoms with Gasteiger partial charge in [-0.1, -0.05) is 39.7 Å². The van der Waals surface area contributed by atoms with Crippen LogP contribution in [0.2, 0.25) is 5.02 Å². The van der Waals surface area contributed by atoms with E-state index < -0.39 is 0 Å². The number of carbonyl (C=O) groups is 1. The van der Waals surface area contributed by atoms with Gasteiger partial charge in [0.05, 0.1) is 7.11 Å². The van der Waals surface area contributed by atoms with Crippen LogP contribution < -0.4 is 4.74 Å². The van der Waals surface area contributed by atoms with Crippen molar-refractivity contribution in [3.05, 3.63) is 62.6 Å². The Morgan fingerprint density at radius 1 is 1.25 bits per heavy atom. The molecule has 0 heterocycles. The lowest BCUT2D eigenvalue weighted by atomic mass is 10.0. The Labute approximate surface area is 131 Å². The summed E-state index contributed by atoms with van der Waals surface area (Å²) in [6, 6.07) is 11.0. The highest BCUT2D eigenvalue weighted by Crippen LogP contribution is 2.25. The van der Waals surface area contributed by atoms with Crippen LogP contribution in [0.5, 0.6) is 5.75 Å². The highest BCUT2D eigenvalue weighted by molar-refractivity contribution is 9.10. The highest BCUT2D eigenvalue weighted by Gasteiger charge is 2.11. The van der Waals surface area contributed by atoms with Gasteiger partial charge in [-0.05, 0) is 42.3 Å². The van der Waals surface area contributed by atoms with Crippen molar-refractivity contribution in [1.82, 2.24) is 0 Å². The van der Waals surface area contributed by atoms with Crippen molar-refractivity contribution >= 4 is 33.3 Å². The van der Waals surface area contributed by atoms with Crippen molar-refractivity contribution in [1.29, 1.82) is 0 Å². The quantitative estimate of drug-likeness (QED) is 0.735. The van der Waals surface area contributed by atoms with E-state index in [0.717, 1.165) is 21.3 Å². The fraction of sp³-hybridized carbons (Fsp3) is 0.188. The summed E-state index contributed by atoms with van der Waals surface area (Å²) < 4.78 is 6.07. The average Bonchev–Trinajstić information content (AvgIpc) is 2.44. The molecule has 0 fully saturated rings. The maximum atomic E-state index is 12.3. The number of hydrogen-bond acceptors (Lipinski definition) is 2. The van der Waals surface area contributed by atoms with Crippen LogP contribution in [0.1, 0.15) is 21.5 Å². The molecule has 0 aromatic heterocycles. The van der Waals surface area contributed by atoms with Gasteiger partial charge in [0.15, 0.2) is 5.78 Å². The third-order valence-electron chi connectivity index (χ3n) is 3.10. The van der Waals surface area contributed by atoms with Crippen molar-refractivity contribution < 1.29 is 9.53 Å². The van der Waals surface area contributed by atoms with E-state index >= 15 is 0 Å². The first-order valence-corrected chi connectivity index (χ1v) is 7.30. The molecule has 2 nitrogen and oxygen atoms in total. The Kier molecular flexibility index (Phi) is 4.84. The van der Waals surface area contributed by atoms with Crippen molar-refractivity contribution in [3.8, 4) is 5.75 Å². The molecule has 0 amide bonds. The Hall–Kier alpha value is -1.32. The number of ketones is 1. The molecule has 0 atom stereocenters. The molecule has 20 heavy (non-hydrogen) atoms. The standard InChI is InChI=1S/C16H14BrClO2/c1-10-3-4-11(8-15(10)18)16(19)9-12-7-13(20-2)5-6-14(12)17/h3-8H,9H2,1-2H3. The van der Waals surface area contributed by atoms with Gasteiger partial charge < -0.3 is 4.74 Å². The van der Waals surface area contributed by atoms with Crippen LogP contribution in [0.25, 0.3) is 0 Å². The van der Waals surface area contributed by atoms with E-state index in [1.165, 1.54) is 0 Å². The number of hydrogen-bond donors (Lipinski definition) is 0. The minimum Gasteiger partial charge on any atom is -0.497 e. The van der Waals surface area contributed by atoms with E-state index in [-0.39, 0.29) is 5.78 Å². The zero-order valence-corrected chi connectivity index (χ0v) is 13.6. The van der Waals surface area contributed by atoms with Crippen LogP contribution in [0.3, 0.4) is 0 Å². The monoisotopic (exact) mass is 352 g/mol. The molecule has 0 unspecified atom stereocenters. The van der Waals surface area contributed by atoms with Gasteiger partial charge in [0.1, 0.15) is 5.75 Å². The Balaban J connectivity index is 2.25. The molecule has 2 aromatic carbocycles. The molecule has 0 saturated carbocycles. The minimum absolute atomic E-state index is 0.0286. The van der Waals surface area contributed by atoms with Crippen molar-refractivity contribution in [2.24, 2.45) is 0 Å². The van der Waals surface area contributed by atoms with Gasteiger partial charge in [-0.3, -0.25) is 4.79 Å². The Morgan fingerprint density at radius 2 is 2.00 bits per heavy atom. The van der Waals surface area contributed by atoms with Gasteiger partial charge in [-0.15, -0.1) is 0 Å². The summed E-state index contributed by atoms with van der Waals surface area (Å²) in [4.78, 5) is 12.3. The van der Waals surface area contributed by atoms with Crippen LogP contribution >= 0.6 is 27.5 Å². The number of aryl methyl sites for hydroxylation is 1. The first-order valence-electron chi connectivity index (χ1n) is 6.13. The predicted molar refractivity (Wildman–Crippen MR) is 84.9 cm³/mol. The third-order valence-corrected chi connectivity index (χ3v) is 4.28. The van der Waals surface area contributed by atoms with E-state index in [0.29, 0.717) is 17.0 Å². The smallest absolute Gasteiger partial charge is 0.167 e. The molecule has 0 spiro atoms. The first-order chi connectivity index (χ1) is 9.51. The van der Waals surface area contributed by atoms with Crippen LogP contribution in [0.15, 0.2) is 40.9 Å². The van der Waals surface area contributed by atoms with Gasteiger partial charge in [-0.2, -0.15) is 0 Å². The Morgan fingerprint density at radius 3 is 2.65 bits per heavy atom. The van der Waals surface area contributed by atoms with E-state index in [4.69, 9.17) is 16.3 Å². The number of benzene rings is 2. The summed E-state index contributed by atoms with van der Waals surface area (Å²) in [5, 5.41) is 0.612. The predicted octanol–water partition coefficient (Wildman–Crippen LogP) is 4.84. The largest absolute Gasteiger partial charge is 0.497 e. The first kappa shape index (κ1) is 15.1. The van der Waals surface area contributed by atoms with Gasteiger partial charge in [0.25, 0.3) is 0 Å². The van der Waals surface area contributed by atoms with E-state index in [1.54, 1.807) is 19.2 Å². The second-order valence-electron chi connectivity index (χ2n) is 4.52. The topological polar surface area (TPSA) is 26.3 Å². The van der Waals surface area contributed by atoms with E-state index in [2.05, 4.69) is 15.9 Å². The van der Waals surface area contributed by atoms with Gasteiger partial charge in [0, 0.05) is 21.5 Å². The van der Waals surface area contributed by atoms with E-state index in [1.807, 2.05) is 31.2 Å². The molecule has 0 radical (unpaired) electrons. The van der Waals surface area contributed by atoms with Gasteiger partial charge in [-0.25, -0.2) is 0 Å². The lowest BCUT2D eigenvalue weighted by Gasteiger charge is -2.08. The molecule has 2 aromatic rings. The second-order valence-corrected chi connectivity index (χ2v) is 5.78. The lowest BCUT2D eigenvalue weighted by Crippen LogP contribution is -2.04. The number of halogens is 2. The molecular weight excluding hydrogens is 340 g/mol. The van der Waals surface area contributed by atoms with Crippen molar-refractivity contribution in [2.45, 2.75) is 13.3 Å². The molecular formula is C16H14BrClO2. The summed E-state index contributed by atoms with van der Waals surface area (Å²) in [5.74, 6) is 0.763. The van der Waals surface area contributed by atoms with Gasteiger partial charge in [0.2, 0.25) is 0 Å². The minimum atomic E-state index is 0.0286.